The van der Waals surface area contributed by atoms with Crippen LogP contribution in [0.2, 0.25) is 0 Å². The first-order valence-electron chi connectivity index (χ1n) is 8.84. The van der Waals surface area contributed by atoms with Crippen molar-refractivity contribution in [2.24, 2.45) is 5.92 Å². The summed E-state index contributed by atoms with van der Waals surface area (Å²) in [6.07, 6.45) is 5.69. The number of likely N-dealkylation sites (N-methyl/N-ethyl adjacent to an activating group) is 1. The van der Waals surface area contributed by atoms with Gasteiger partial charge in [-0.15, -0.1) is 0 Å². The fourth-order valence-corrected chi connectivity index (χ4v) is 4.00. The van der Waals surface area contributed by atoms with Gasteiger partial charge >= 0.3 is 0 Å². The summed E-state index contributed by atoms with van der Waals surface area (Å²) in [4.78, 5) is 17.2. The van der Waals surface area contributed by atoms with Crippen LogP contribution >= 0.6 is 0 Å². The van der Waals surface area contributed by atoms with Crippen LogP contribution in [0.3, 0.4) is 0 Å². The molecule has 1 aromatic rings. The predicted molar refractivity (Wildman–Crippen MR) is 89.7 cm³/mol. The van der Waals surface area contributed by atoms with Gasteiger partial charge in [-0.3, -0.25) is 9.69 Å². The van der Waals surface area contributed by atoms with Crippen LogP contribution in [0.25, 0.3) is 0 Å². The zero-order valence-electron chi connectivity index (χ0n) is 13.7. The van der Waals surface area contributed by atoms with E-state index in [9.17, 15) is 4.79 Å². The molecule has 3 rings (SSSR count). The number of carbonyl (C=O) groups is 1. The van der Waals surface area contributed by atoms with E-state index in [-0.39, 0.29) is 6.04 Å². The highest BCUT2D eigenvalue weighted by atomic mass is 16.2. The number of piperidine rings is 1. The van der Waals surface area contributed by atoms with Gasteiger partial charge in [-0.05, 0) is 56.7 Å². The Morgan fingerprint density at radius 3 is 2.50 bits per heavy atom. The van der Waals surface area contributed by atoms with E-state index in [1.54, 1.807) is 0 Å². The minimum absolute atomic E-state index is 0.163. The second kappa shape index (κ2) is 7.28. The smallest absolute Gasteiger partial charge is 0.239 e. The predicted octanol–water partition coefficient (Wildman–Crippen LogP) is 2.95. The molecule has 1 amide bonds. The maximum atomic E-state index is 12.7. The molecule has 0 aromatic heterocycles. The Hall–Kier alpha value is -1.35. The van der Waals surface area contributed by atoms with E-state index in [0.29, 0.717) is 5.91 Å². The van der Waals surface area contributed by atoms with Crippen molar-refractivity contribution in [3.8, 4) is 0 Å². The molecule has 2 aliphatic rings. The Labute approximate surface area is 134 Å². The maximum absolute atomic E-state index is 12.7. The Morgan fingerprint density at radius 1 is 1.09 bits per heavy atom. The van der Waals surface area contributed by atoms with Crippen LogP contribution in [-0.2, 0) is 11.2 Å². The highest BCUT2D eigenvalue weighted by Gasteiger charge is 2.34. The summed E-state index contributed by atoms with van der Waals surface area (Å²) in [5.41, 5.74) is 1.43. The average molecular weight is 300 g/mol. The molecule has 2 heterocycles. The standard InChI is InChI=1S/C19H28N2O/c1-2-20-12-6-9-18(20)19(22)21-13-10-17(11-14-21)15-16-7-4-3-5-8-16/h3-5,7-8,17-18H,2,6,9-15H2,1H3/t18-/m0/s1. The van der Waals surface area contributed by atoms with Gasteiger partial charge in [-0.2, -0.15) is 0 Å². The third-order valence-electron chi connectivity index (χ3n) is 5.35. The van der Waals surface area contributed by atoms with E-state index < -0.39 is 0 Å². The minimum atomic E-state index is 0.163. The van der Waals surface area contributed by atoms with Gasteiger partial charge < -0.3 is 4.90 Å². The van der Waals surface area contributed by atoms with Gasteiger partial charge in [0.2, 0.25) is 5.91 Å². The molecule has 0 aliphatic carbocycles. The molecule has 0 saturated carbocycles. The molecule has 1 atom stereocenters. The lowest BCUT2D eigenvalue weighted by Gasteiger charge is -2.35. The van der Waals surface area contributed by atoms with Crippen molar-refractivity contribution in [3.05, 3.63) is 35.9 Å². The molecule has 22 heavy (non-hydrogen) atoms. The van der Waals surface area contributed by atoms with E-state index in [2.05, 4.69) is 47.1 Å². The summed E-state index contributed by atoms with van der Waals surface area (Å²) in [5.74, 6) is 1.12. The van der Waals surface area contributed by atoms with Crippen molar-refractivity contribution >= 4 is 5.91 Å². The third-order valence-corrected chi connectivity index (χ3v) is 5.35. The zero-order chi connectivity index (χ0) is 15.4. The van der Waals surface area contributed by atoms with Crippen molar-refractivity contribution in [1.29, 1.82) is 0 Å². The van der Waals surface area contributed by atoms with Crippen LogP contribution in [0.15, 0.2) is 30.3 Å². The SMILES string of the molecule is CCN1CCC[C@H]1C(=O)N1CCC(Cc2ccccc2)CC1. The molecular weight excluding hydrogens is 272 g/mol. The summed E-state index contributed by atoms with van der Waals surface area (Å²) in [7, 11) is 0. The molecule has 2 fully saturated rings. The lowest BCUT2D eigenvalue weighted by molar-refractivity contribution is -0.137. The number of likely N-dealkylation sites (tertiary alicyclic amines) is 2. The second-order valence-corrected chi connectivity index (χ2v) is 6.75. The largest absolute Gasteiger partial charge is 0.341 e. The fourth-order valence-electron chi connectivity index (χ4n) is 4.00. The van der Waals surface area contributed by atoms with Crippen LogP contribution in [0.1, 0.15) is 38.2 Å². The van der Waals surface area contributed by atoms with Gasteiger partial charge in [-0.25, -0.2) is 0 Å². The zero-order valence-corrected chi connectivity index (χ0v) is 13.7. The van der Waals surface area contributed by atoms with E-state index in [0.717, 1.165) is 57.8 Å². The van der Waals surface area contributed by atoms with Crippen molar-refractivity contribution < 1.29 is 4.79 Å². The van der Waals surface area contributed by atoms with Crippen LogP contribution in [0.5, 0.6) is 0 Å². The van der Waals surface area contributed by atoms with E-state index in [1.165, 1.54) is 12.0 Å². The molecule has 0 radical (unpaired) electrons. The Kier molecular flexibility index (Phi) is 5.14. The van der Waals surface area contributed by atoms with E-state index in [4.69, 9.17) is 0 Å². The number of benzene rings is 1. The van der Waals surface area contributed by atoms with Crippen molar-refractivity contribution in [2.45, 2.75) is 45.1 Å². The lowest BCUT2D eigenvalue weighted by atomic mass is 9.90. The van der Waals surface area contributed by atoms with Gasteiger partial charge in [0.1, 0.15) is 0 Å². The molecule has 3 nitrogen and oxygen atoms in total. The van der Waals surface area contributed by atoms with Crippen molar-refractivity contribution in [3.63, 3.8) is 0 Å². The van der Waals surface area contributed by atoms with Crippen LogP contribution in [-0.4, -0.2) is 47.9 Å². The third kappa shape index (κ3) is 3.52. The highest BCUT2D eigenvalue weighted by molar-refractivity contribution is 5.82. The molecule has 2 aliphatic heterocycles. The number of rotatable bonds is 4. The number of hydrogen-bond acceptors (Lipinski definition) is 2. The van der Waals surface area contributed by atoms with Gasteiger partial charge in [-0.1, -0.05) is 37.3 Å². The molecule has 3 heteroatoms. The highest BCUT2D eigenvalue weighted by Crippen LogP contribution is 2.25. The Morgan fingerprint density at radius 2 is 1.82 bits per heavy atom. The normalized spacial score (nSPS) is 23.9. The van der Waals surface area contributed by atoms with Gasteiger partial charge in [0.05, 0.1) is 6.04 Å². The number of carbonyl (C=O) groups excluding carboxylic acids is 1. The van der Waals surface area contributed by atoms with Crippen LogP contribution < -0.4 is 0 Å². The van der Waals surface area contributed by atoms with E-state index >= 15 is 0 Å². The molecule has 120 valence electrons. The number of hydrogen-bond donors (Lipinski definition) is 0. The summed E-state index contributed by atoms with van der Waals surface area (Å²) >= 11 is 0. The molecule has 1 aromatic carbocycles. The molecule has 0 N–H and O–H groups in total. The Bertz CT molecular complexity index is 479. The van der Waals surface area contributed by atoms with Crippen LogP contribution in [0, 0.1) is 5.92 Å². The molecule has 0 unspecified atom stereocenters. The number of amides is 1. The first-order valence-corrected chi connectivity index (χ1v) is 8.84. The summed E-state index contributed by atoms with van der Waals surface area (Å²) in [6, 6.07) is 10.9. The fraction of sp³-hybridized carbons (Fsp3) is 0.632. The first-order chi connectivity index (χ1) is 10.8. The van der Waals surface area contributed by atoms with Gasteiger partial charge in [0, 0.05) is 13.1 Å². The summed E-state index contributed by atoms with van der Waals surface area (Å²) in [5, 5.41) is 0. The van der Waals surface area contributed by atoms with Crippen molar-refractivity contribution in [2.75, 3.05) is 26.2 Å². The Balaban J connectivity index is 1.50. The topological polar surface area (TPSA) is 23.6 Å². The van der Waals surface area contributed by atoms with Gasteiger partial charge in [0.15, 0.2) is 0 Å². The summed E-state index contributed by atoms with van der Waals surface area (Å²) in [6.45, 7) is 6.16. The van der Waals surface area contributed by atoms with Crippen LogP contribution in [0.4, 0.5) is 0 Å². The summed E-state index contributed by atoms with van der Waals surface area (Å²) < 4.78 is 0. The minimum Gasteiger partial charge on any atom is -0.341 e. The molecule has 0 bridgehead atoms. The molecule has 0 spiro atoms. The molecule has 2 saturated heterocycles. The average Bonchev–Trinajstić information content (AvgIpc) is 3.04. The monoisotopic (exact) mass is 300 g/mol. The number of nitrogens with zero attached hydrogens (tertiary/aromatic N) is 2. The van der Waals surface area contributed by atoms with Gasteiger partial charge in [0.25, 0.3) is 0 Å². The van der Waals surface area contributed by atoms with E-state index in [1.807, 2.05) is 0 Å². The molecular formula is C19H28N2O. The lowest BCUT2D eigenvalue weighted by Crippen LogP contribution is -2.48. The quantitative estimate of drug-likeness (QED) is 0.853. The maximum Gasteiger partial charge on any atom is 0.239 e. The first kappa shape index (κ1) is 15.5. The second-order valence-electron chi connectivity index (χ2n) is 6.75. The van der Waals surface area contributed by atoms with Crippen molar-refractivity contribution in [1.82, 2.24) is 9.80 Å².